The van der Waals surface area contributed by atoms with Crippen LogP contribution in [0, 0.1) is 17.8 Å². The van der Waals surface area contributed by atoms with Gasteiger partial charge in [0.05, 0.1) is 0 Å². The summed E-state index contributed by atoms with van der Waals surface area (Å²) in [5, 5.41) is 5.80. The number of amides is 4. The third-order valence-electron chi connectivity index (χ3n) is 6.91. The molecule has 6 nitrogen and oxygen atoms in total. The number of hydrogen-bond donors (Lipinski definition) is 2. The average Bonchev–Trinajstić information content (AvgIpc) is 3.37. The molecule has 1 aromatic rings. The van der Waals surface area contributed by atoms with E-state index < -0.39 is 18.1 Å². The van der Waals surface area contributed by atoms with E-state index in [4.69, 9.17) is 0 Å². The molecule has 150 valence electrons. The Labute approximate surface area is 166 Å². The molecule has 3 aliphatic rings. The Morgan fingerprint density at radius 1 is 1.18 bits per heavy atom. The molecule has 0 spiro atoms. The molecule has 2 bridgehead atoms. The van der Waals surface area contributed by atoms with Crippen LogP contribution in [0.25, 0.3) is 0 Å². The summed E-state index contributed by atoms with van der Waals surface area (Å²) in [5.74, 6) is 1.46. The highest BCUT2D eigenvalue weighted by Crippen LogP contribution is 2.49. The maximum Gasteiger partial charge on any atom is 0.325 e. The second-order valence-electron chi connectivity index (χ2n) is 8.71. The van der Waals surface area contributed by atoms with Crippen LogP contribution >= 0.6 is 0 Å². The van der Waals surface area contributed by atoms with Crippen molar-refractivity contribution in [2.45, 2.75) is 64.1 Å². The maximum atomic E-state index is 12.8. The topological polar surface area (TPSA) is 78.5 Å². The van der Waals surface area contributed by atoms with Gasteiger partial charge in [-0.25, -0.2) is 4.79 Å². The summed E-state index contributed by atoms with van der Waals surface area (Å²) in [4.78, 5) is 39.0. The molecule has 0 aromatic heterocycles. The minimum Gasteiger partial charge on any atom is -0.352 e. The summed E-state index contributed by atoms with van der Waals surface area (Å²) >= 11 is 0. The van der Waals surface area contributed by atoms with Crippen LogP contribution in [0.2, 0.25) is 0 Å². The Hall–Kier alpha value is -2.37. The molecule has 0 radical (unpaired) electrons. The van der Waals surface area contributed by atoms with E-state index in [1.165, 1.54) is 25.7 Å². The average molecular weight is 383 g/mol. The summed E-state index contributed by atoms with van der Waals surface area (Å²) in [6.07, 6.45) is 5.48. The minimum absolute atomic E-state index is 0.0751. The number of hydrogen-bond acceptors (Lipinski definition) is 3. The third-order valence-corrected chi connectivity index (χ3v) is 6.91. The molecule has 1 saturated heterocycles. The van der Waals surface area contributed by atoms with Gasteiger partial charge in [-0.3, -0.25) is 14.5 Å². The number of carbonyl (C=O) groups excluding carboxylic acids is 3. The Morgan fingerprint density at radius 2 is 1.93 bits per heavy atom. The number of rotatable bonds is 6. The highest BCUT2D eigenvalue weighted by Gasteiger charge is 2.45. The molecular weight excluding hydrogens is 354 g/mol. The molecule has 6 heteroatoms. The zero-order valence-electron chi connectivity index (χ0n) is 16.6. The van der Waals surface area contributed by atoms with E-state index in [1.54, 1.807) is 6.92 Å². The number of urea groups is 1. The number of carbonyl (C=O) groups is 3. The molecule has 1 aliphatic heterocycles. The number of nitrogens with one attached hydrogen (secondary N) is 2. The van der Waals surface area contributed by atoms with Crippen LogP contribution in [0.4, 0.5) is 4.79 Å². The van der Waals surface area contributed by atoms with E-state index in [-0.39, 0.29) is 17.9 Å². The Morgan fingerprint density at radius 3 is 2.57 bits per heavy atom. The fourth-order valence-corrected chi connectivity index (χ4v) is 5.38. The van der Waals surface area contributed by atoms with Gasteiger partial charge in [0.2, 0.25) is 5.91 Å². The zero-order chi connectivity index (χ0) is 19.8. The van der Waals surface area contributed by atoms with E-state index in [0.29, 0.717) is 18.3 Å². The highest BCUT2D eigenvalue weighted by molar-refractivity contribution is 6.07. The van der Waals surface area contributed by atoms with Gasteiger partial charge < -0.3 is 10.6 Å². The van der Waals surface area contributed by atoms with Crippen molar-refractivity contribution >= 4 is 17.8 Å². The predicted octanol–water partition coefficient (Wildman–Crippen LogP) is 2.48. The normalized spacial score (nSPS) is 31.0. The molecule has 2 saturated carbocycles. The summed E-state index contributed by atoms with van der Waals surface area (Å²) in [6.45, 7) is 3.69. The first-order chi connectivity index (χ1) is 13.4. The van der Waals surface area contributed by atoms with Crippen molar-refractivity contribution in [3.63, 3.8) is 0 Å². The van der Waals surface area contributed by atoms with Crippen LogP contribution in [-0.2, 0) is 16.0 Å². The molecule has 28 heavy (non-hydrogen) atoms. The summed E-state index contributed by atoms with van der Waals surface area (Å²) in [5.41, 5.74) is 0.977. The monoisotopic (exact) mass is 383 g/mol. The van der Waals surface area contributed by atoms with Crippen molar-refractivity contribution in [2.24, 2.45) is 17.8 Å². The van der Waals surface area contributed by atoms with Crippen molar-refractivity contribution in [3.8, 4) is 0 Å². The van der Waals surface area contributed by atoms with Crippen molar-refractivity contribution < 1.29 is 14.4 Å². The molecule has 1 aromatic carbocycles. The van der Waals surface area contributed by atoms with Gasteiger partial charge in [0.1, 0.15) is 12.1 Å². The van der Waals surface area contributed by atoms with Gasteiger partial charge in [0.25, 0.3) is 5.91 Å². The number of imide groups is 1. The lowest BCUT2D eigenvalue weighted by atomic mass is 9.84. The maximum absolute atomic E-state index is 12.8. The first-order valence-corrected chi connectivity index (χ1v) is 10.4. The minimum atomic E-state index is -0.811. The highest BCUT2D eigenvalue weighted by atomic mass is 16.2. The van der Waals surface area contributed by atoms with Gasteiger partial charge in [-0.2, -0.15) is 0 Å². The van der Waals surface area contributed by atoms with Crippen LogP contribution in [0.5, 0.6) is 0 Å². The van der Waals surface area contributed by atoms with E-state index in [0.717, 1.165) is 16.4 Å². The van der Waals surface area contributed by atoms with Crippen molar-refractivity contribution in [1.29, 1.82) is 0 Å². The fourth-order valence-electron chi connectivity index (χ4n) is 5.38. The molecule has 2 aliphatic carbocycles. The molecule has 6 atom stereocenters. The number of nitrogens with zero attached hydrogens (tertiary/aromatic N) is 1. The van der Waals surface area contributed by atoms with Gasteiger partial charge in [-0.05, 0) is 56.4 Å². The van der Waals surface area contributed by atoms with Crippen molar-refractivity contribution in [3.05, 3.63) is 35.9 Å². The van der Waals surface area contributed by atoms with Gasteiger partial charge in [0, 0.05) is 12.5 Å². The van der Waals surface area contributed by atoms with Crippen LogP contribution in [0.15, 0.2) is 30.3 Å². The lowest BCUT2D eigenvalue weighted by Crippen LogP contribution is -2.52. The molecular formula is C22H29N3O3. The molecule has 2 N–H and O–H groups in total. The molecule has 1 heterocycles. The second-order valence-corrected chi connectivity index (χ2v) is 8.71. The summed E-state index contributed by atoms with van der Waals surface area (Å²) < 4.78 is 0. The smallest absolute Gasteiger partial charge is 0.325 e. The standard InChI is InChI=1S/C22H29N3O3/c1-13(18-11-16-8-9-17(18)10-16)23-20(26)14(2)25-21(27)19(24-22(25)28)12-15-6-4-3-5-7-15/h3-7,13-14,16-19H,8-12H2,1-2H3,(H,23,26)(H,24,28)/t13-,14-,16-,17-,18-,19-/m0/s1. The van der Waals surface area contributed by atoms with E-state index in [1.807, 2.05) is 30.3 Å². The van der Waals surface area contributed by atoms with Crippen LogP contribution in [-0.4, -0.2) is 40.9 Å². The van der Waals surface area contributed by atoms with Crippen LogP contribution < -0.4 is 10.6 Å². The lowest BCUT2D eigenvalue weighted by Gasteiger charge is -2.30. The predicted molar refractivity (Wildman–Crippen MR) is 105 cm³/mol. The summed E-state index contributed by atoms with van der Waals surface area (Å²) in [7, 11) is 0. The quantitative estimate of drug-likeness (QED) is 0.741. The molecule has 3 fully saturated rings. The van der Waals surface area contributed by atoms with Gasteiger partial charge in [-0.1, -0.05) is 36.8 Å². The number of fused-ring (bicyclic) bond motifs is 2. The molecule has 4 amide bonds. The van der Waals surface area contributed by atoms with Crippen molar-refractivity contribution in [1.82, 2.24) is 15.5 Å². The Balaban J connectivity index is 1.36. The third kappa shape index (κ3) is 3.52. The van der Waals surface area contributed by atoms with Crippen LogP contribution in [0.1, 0.15) is 45.1 Å². The SMILES string of the molecule is C[C@H](NC(=O)[C@H](C)N1C(=O)N[C@@H](Cc2ccccc2)C1=O)[C@@H]1C[C@H]2CC[C@H]1C2. The Bertz CT molecular complexity index is 766. The zero-order valence-corrected chi connectivity index (χ0v) is 16.6. The second kappa shape index (κ2) is 7.57. The van der Waals surface area contributed by atoms with Gasteiger partial charge >= 0.3 is 6.03 Å². The fraction of sp³-hybridized carbons (Fsp3) is 0.591. The van der Waals surface area contributed by atoms with Gasteiger partial charge in [0.15, 0.2) is 0 Å². The van der Waals surface area contributed by atoms with Crippen molar-refractivity contribution in [2.75, 3.05) is 0 Å². The lowest BCUT2D eigenvalue weighted by molar-refractivity contribution is -0.135. The molecule has 4 rings (SSSR count). The van der Waals surface area contributed by atoms with Crippen LogP contribution in [0.3, 0.4) is 0 Å². The van der Waals surface area contributed by atoms with E-state index in [9.17, 15) is 14.4 Å². The van der Waals surface area contributed by atoms with E-state index >= 15 is 0 Å². The first-order valence-electron chi connectivity index (χ1n) is 10.4. The Kier molecular flexibility index (Phi) is 5.13. The van der Waals surface area contributed by atoms with Gasteiger partial charge in [-0.15, -0.1) is 0 Å². The largest absolute Gasteiger partial charge is 0.352 e. The number of benzene rings is 1. The first kappa shape index (κ1) is 19.0. The summed E-state index contributed by atoms with van der Waals surface area (Å²) in [6, 6.07) is 7.73. The van der Waals surface area contributed by atoms with E-state index in [2.05, 4.69) is 17.6 Å². The molecule has 0 unspecified atom stereocenters.